The van der Waals surface area contributed by atoms with Crippen LogP contribution in [0.3, 0.4) is 0 Å². The molecule has 1 N–H and O–H groups in total. The maximum Gasteiger partial charge on any atom is 0.126 e. The van der Waals surface area contributed by atoms with Crippen LogP contribution in [-0.4, -0.2) is 55.1 Å². The molecule has 0 unspecified atom stereocenters. The van der Waals surface area contributed by atoms with Crippen molar-refractivity contribution in [2.24, 2.45) is 5.92 Å². The number of likely N-dealkylation sites (tertiary alicyclic amines) is 1. The van der Waals surface area contributed by atoms with Crippen LogP contribution < -0.4 is 4.74 Å². The fourth-order valence-corrected chi connectivity index (χ4v) is 3.28. The molecule has 5 heteroatoms. The SMILES string of the molecule is O[C@]1(COc2cccc(F)c2)CCN(CC2CCOCC2)C1. The first-order valence-corrected chi connectivity index (χ1v) is 8.04. The van der Waals surface area contributed by atoms with Crippen LogP contribution in [0.4, 0.5) is 4.39 Å². The second-order valence-electron chi connectivity index (χ2n) is 6.51. The van der Waals surface area contributed by atoms with E-state index in [1.807, 2.05) is 0 Å². The highest BCUT2D eigenvalue weighted by Crippen LogP contribution is 2.26. The highest BCUT2D eigenvalue weighted by Gasteiger charge is 2.37. The van der Waals surface area contributed by atoms with Crippen molar-refractivity contribution < 1.29 is 19.0 Å². The number of ether oxygens (including phenoxy) is 2. The summed E-state index contributed by atoms with van der Waals surface area (Å²) in [7, 11) is 0. The van der Waals surface area contributed by atoms with Crippen LogP contribution in [-0.2, 0) is 4.74 Å². The Balaban J connectivity index is 1.47. The van der Waals surface area contributed by atoms with Crippen molar-refractivity contribution in [3.63, 3.8) is 0 Å². The summed E-state index contributed by atoms with van der Waals surface area (Å²) in [5, 5.41) is 10.6. The minimum Gasteiger partial charge on any atom is -0.490 e. The van der Waals surface area contributed by atoms with Gasteiger partial charge in [0.2, 0.25) is 0 Å². The highest BCUT2D eigenvalue weighted by molar-refractivity contribution is 5.22. The largest absolute Gasteiger partial charge is 0.490 e. The van der Waals surface area contributed by atoms with Gasteiger partial charge >= 0.3 is 0 Å². The lowest BCUT2D eigenvalue weighted by Crippen LogP contribution is -2.40. The fourth-order valence-electron chi connectivity index (χ4n) is 3.28. The molecule has 0 saturated carbocycles. The Bertz CT molecular complexity index is 493. The summed E-state index contributed by atoms with van der Waals surface area (Å²) in [4.78, 5) is 2.31. The molecule has 2 fully saturated rings. The van der Waals surface area contributed by atoms with Gasteiger partial charge in [-0.25, -0.2) is 4.39 Å². The molecule has 2 aliphatic rings. The molecule has 1 aromatic rings. The van der Waals surface area contributed by atoms with Gasteiger partial charge in [-0.05, 0) is 37.3 Å². The van der Waals surface area contributed by atoms with E-state index in [1.54, 1.807) is 12.1 Å². The number of hydrogen-bond acceptors (Lipinski definition) is 4. The molecule has 0 aromatic heterocycles. The third kappa shape index (κ3) is 4.18. The molecule has 2 saturated heterocycles. The van der Waals surface area contributed by atoms with Crippen molar-refractivity contribution >= 4 is 0 Å². The van der Waals surface area contributed by atoms with E-state index < -0.39 is 5.60 Å². The molecule has 4 nitrogen and oxygen atoms in total. The van der Waals surface area contributed by atoms with Gasteiger partial charge < -0.3 is 14.6 Å². The van der Waals surface area contributed by atoms with E-state index >= 15 is 0 Å². The zero-order chi connectivity index (χ0) is 15.4. The van der Waals surface area contributed by atoms with Crippen LogP contribution in [0.25, 0.3) is 0 Å². The quantitative estimate of drug-likeness (QED) is 0.904. The molecule has 122 valence electrons. The number of rotatable bonds is 5. The van der Waals surface area contributed by atoms with E-state index in [9.17, 15) is 9.50 Å². The van der Waals surface area contributed by atoms with Crippen molar-refractivity contribution in [2.75, 3.05) is 39.5 Å². The third-order valence-corrected chi connectivity index (χ3v) is 4.57. The molecule has 0 bridgehead atoms. The molecule has 2 heterocycles. The lowest BCUT2D eigenvalue weighted by atomic mass is 10.00. The number of benzene rings is 1. The van der Waals surface area contributed by atoms with Gasteiger partial charge in [0.05, 0.1) is 0 Å². The van der Waals surface area contributed by atoms with E-state index in [0.717, 1.165) is 39.1 Å². The van der Waals surface area contributed by atoms with Crippen LogP contribution >= 0.6 is 0 Å². The first-order valence-electron chi connectivity index (χ1n) is 8.04. The molecule has 1 atom stereocenters. The number of β-amino-alcohol motifs (C(OH)–C–C–N with tert-alkyl or cyclic N) is 1. The van der Waals surface area contributed by atoms with Crippen molar-refractivity contribution in [2.45, 2.75) is 24.9 Å². The number of aliphatic hydroxyl groups is 1. The Labute approximate surface area is 130 Å². The Morgan fingerprint density at radius 3 is 2.95 bits per heavy atom. The summed E-state index contributed by atoms with van der Waals surface area (Å²) in [6.45, 7) is 4.45. The van der Waals surface area contributed by atoms with Crippen LogP contribution in [0.1, 0.15) is 19.3 Å². The Morgan fingerprint density at radius 2 is 2.18 bits per heavy atom. The van der Waals surface area contributed by atoms with Crippen LogP contribution in [0.15, 0.2) is 24.3 Å². The molecule has 0 amide bonds. The van der Waals surface area contributed by atoms with Crippen molar-refractivity contribution in [3.8, 4) is 5.75 Å². The second kappa shape index (κ2) is 6.94. The van der Waals surface area contributed by atoms with E-state index in [2.05, 4.69) is 4.90 Å². The monoisotopic (exact) mass is 309 g/mol. The van der Waals surface area contributed by atoms with Gasteiger partial charge in [-0.1, -0.05) is 6.07 Å². The van der Waals surface area contributed by atoms with Gasteiger partial charge in [-0.15, -0.1) is 0 Å². The molecule has 3 rings (SSSR count). The summed E-state index contributed by atoms with van der Waals surface area (Å²) >= 11 is 0. The molecule has 1 aromatic carbocycles. The van der Waals surface area contributed by atoms with E-state index in [-0.39, 0.29) is 12.4 Å². The van der Waals surface area contributed by atoms with E-state index in [4.69, 9.17) is 9.47 Å². The highest BCUT2D eigenvalue weighted by atomic mass is 19.1. The maximum absolute atomic E-state index is 13.1. The Morgan fingerprint density at radius 1 is 1.36 bits per heavy atom. The molecular formula is C17H24FNO3. The number of nitrogens with zero attached hydrogens (tertiary/aromatic N) is 1. The number of hydrogen-bond donors (Lipinski definition) is 1. The predicted octanol–water partition coefficient (Wildman–Crippen LogP) is 2.07. The average molecular weight is 309 g/mol. The van der Waals surface area contributed by atoms with Crippen LogP contribution in [0.5, 0.6) is 5.75 Å². The Kier molecular flexibility index (Phi) is 4.96. The van der Waals surface area contributed by atoms with Gasteiger partial charge in [0, 0.05) is 38.9 Å². The van der Waals surface area contributed by atoms with Crippen LogP contribution in [0, 0.1) is 11.7 Å². The molecule has 0 aliphatic carbocycles. The molecular weight excluding hydrogens is 285 g/mol. The topological polar surface area (TPSA) is 41.9 Å². The standard InChI is InChI=1S/C17H24FNO3/c18-15-2-1-3-16(10-15)22-13-17(20)6-7-19(12-17)11-14-4-8-21-9-5-14/h1-3,10,14,20H,4-9,11-13H2/t17-/m1/s1. The minimum absolute atomic E-state index is 0.209. The van der Waals surface area contributed by atoms with Crippen molar-refractivity contribution in [1.29, 1.82) is 0 Å². The normalized spacial score (nSPS) is 27.2. The summed E-state index contributed by atoms with van der Waals surface area (Å²) in [6.07, 6.45) is 2.91. The molecule has 22 heavy (non-hydrogen) atoms. The van der Waals surface area contributed by atoms with Gasteiger partial charge in [0.15, 0.2) is 0 Å². The Hall–Kier alpha value is -1.17. The molecule has 2 aliphatic heterocycles. The first kappa shape index (κ1) is 15.7. The lowest BCUT2D eigenvalue weighted by Gasteiger charge is -2.28. The van der Waals surface area contributed by atoms with Gasteiger partial charge in [-0.2, -0.15) is 0 Å². The first-order chi connectivity index (χ1) is 10.6. The van der Waals surface area contributed by atoms with Crippen molar-refractivity contribution in [1.82, 2.24) is 4.90 Å². The van der Waals surface area contributed by atoms with Gasteiger partial charge in [-0.3, -0.25) is 4.90 Å². The number of halogens is 1. The second-order valence-corrected chi connectivity index (χ2v) is 6.51. The summed E-state index contributed by atoms with van der Waals surface area (Å²) in [5.74, 6) is 0.814. The average Bonchev–Trinajstić information content (AvgIpc) is 2.88. The summed E-state index contributed by atoms with van der Waals surface area (Å²) in [6, 6.07) is 6.05. The third-order valence-electron chi connectivity index (χ3n) is 4.57. The van der Waals surface area contributed by atoms with Gasteiger partial charge in [0.25, 0.3) is 0 Å². The smallest absolute Gasteiger partial charge is 0.126 e. The lowest BCUT2D eigenvalue weighted by molar-refractivity contribution is -0.0000777. The van der Waals surface area contributed by atoms with Crippen molar-refractivity contribution in [3.05, 3.63) is 30.1 Å². The summed E-state index contributed by atoms with van der Waals surface area (Å²) < 4.78 is 24.1. The molecule has 0 spiro atoms. The molecule has 0 radical (unpaired) electrons. The zero-order valence-corrected chi connectivity index (χ0v) is 12.8. The van der Waals surface area contributed by atoms with E-state index in [0.29, 0.717) is 24.6 Å². The van der Waals surface area contributed by atoms with E-state index in [1.165, 1.54) is 12.1 Å². The predicted molar refractivity (Wildman–Crippen MR) is 81.4 cm³/mol. The summed E-state index contributed by atoms with van der Waals surface area (Å²) in [5.41, 5.74) is -0.836. The minimum atomic E-state index is -0.836. The maximum atomic E-state index is 13.1. The fraction of sp³-hybridized carbons (Fsp3) is 0.647. The zero-order valence-electron chi connectivity index (χ0n) is 12.8. The van der Waals surface area contributed by atoms with Crippen LogP contribution in [0.2, 0.25) is 0 Å². The van der Waals surface area contributed by atoms with Gasteiger partial charge in [0.1, 0.15) is 23.8 Å².